The van der Waals surface area contributed by atoms with Gasteiger partial charge >= 0.3 is 0 Å². The first-order valence-electron chi connectivity index (χ1n) is 5.99. The fraction of sp³-hybridized carbons (Fsp3) is 0.462. The maximum atomic E-state index is 11.8. The lowest BCUT2D eigenvalue weighted by Gasteiger charge is -2.11. The van der Waals surface area contributed by atoms with Gasteiger partial charge in [-0.25, -0.2) is 0 Å². The number of benzene rings is 1. The number of amides is 1. The first-order chi connectivity index (χ1) is 8.91. The number of nitrogens with two attached hydrogens (primary N) is 1. The SMILES string of the molecule is Cc1ccc(Cl)c(NC(=O)CSCCC(C)N)c1Cl. The molecule has 1 unspecified atom stereocenters. The van der Waals surface area contributed by atoms with Gasteiger partial charge in [0.1, 0.15) is 0 Å². The Morgan fingerprint density at radius 1 is 1.47 bits per heavy atom. The van der Waals surface area contributed by atoms with Crippen LogP contribution >= 0.6 is 35.0 Å². The van der Waals surface area contributed by atoms with Crippen LogP contribution < -0.4 is 11.1 Å². The molecule has 19 heavy (non-hydrogen) atoms. The van der Waals surface area contributed by atoms with E-state index in [1.807, 2.05) is 19.9 Å². The summed E-state index contributed by atoms with van der Waals surface area (Å²) in [4.78, 5) is 11.8. The summed E-state index contributed by atoms with van der Waals surface area (Å²) in [6, 6.07) is 3.70. The van der Waals surface area contributed by atoms with Gasteiger partial charge in [0.25, 0.3) is 0 Å². The van der Waals surface area contributed by atoms with Crippen molar-refractivity contribution in [2.24, 2.45) is 5.73 Å². The van der Waals surface area contributed by atoms with Crippen molar-refractivity contribution in [2.75, 3.05) is 16.8 Å². The van der Waals surface area contributed by atoms with Crippen LogP contribution in [0.15, 0.2) is 12.1 Å². The summed E-state index contributed by atoms with van der Waals surface area (Å²) >= 11 is 13.7. The third-order valence-electron chi connectivity index (χ3n) is 2.50. The molecule has 0 fully saturated rings. The van der Waals surface area contributed by atoms with E-state index in [4.69, 9.17) is 28.9 Å². The molecule has 3 N–H and O–H groups in total. The zero-order valence-corrected chi connectivity index (χ0v) is 13.3. The molecule has 0 aliphatic heterocycles. The van der Waals surface area contributed by atoms with E-state index in [1.54, 1.807) is 17.8 Å². The molecule has 0 saturated heterocycles. The molecule has 0 bridgehead atoms. The fourth-order valence-electron chi connectivity index (χ4n) is 1.38. The number of carbonyl (C=O) groups excluding carboxylic acids is 1. The molecule has 6 heteroatoms. The number of halogens is 2. The average molecular weight is 321 g/mol. The van der Waals surface area contributed by atoms with Gasteiger partial charge in [-0.3, -0.25) is 4.79 Å². The van der Waals surface area contributed by atoms with Crippen molar-refractivity contribution in [3.8, 4) is 0 Å². The Kier molecular flexibility index (Phi) is 7.00. The molecule has 0 aromatic heterocycles. The number of thioether (sulfide) groups is 1. The van der Waals surface area contributed by atoms with Crippen LogP contribution in [0.25, 0.3) is 0 Å². The highest BCUT2D eigenvalue weighted by molar-refractivity contribution is 7.99. The molecule has 0 aliphatic rings. The number of hydrogen-bond donors (Lipinski definition) is 2. The van der Waals surface area contributed by atoms with Crippen LogP contribution in [0.4, 0.5) is 5.69 Å². The van der Waals surface area contributed by atoms with Crippen LogP contribution in [-0.4, -0.2) is 23.5 Å². The fourth-order valence-corrected chi connectivity index (χ4v) is 2.79. The van der Waals surface area contributed by atoms with Gasteiger partial charge in [0, 0.05) is 6.04 Å². The normalized spacial score (nSPS) is 12.3. The van der Waals surface area contributed by atoms with E-state index in [2.05, 4.69) is 5.32 Å². The van der Waals surface area contributed by atoms with Crippen LogP contribution in [0.1, 0.15) is 18.9 Å². The Labute approximate surface area is 128 Å². The number of carbonyl (C=O) groups is 1. The molecule has 106 valence electrons. The van der Waals surface area contributed by atoms with Crippen molar-refractivity contribution in [3.63, 3.8) is 0 Å². The summed E-state index contributed by atoms with van der Waals surface area (Å²) in [5.41, 5.74) is 7.01. The van der Waals surface area contributed by atoms with Crippen molar-refractivity contribution >= 4 is 46.6 Å². The minimum Gasteiger partial charge on any atom is -0.328 e. The van der Waals surface area contributed by atoms with Crippen molar-refractivity contribution in [3.05, 3.63) is 27.7 Å². The van der Waals surface area contributed by atoms with E-state index >= 15 is 0 Å². The van der Waals surface area contributed by atoms with Gasteiger partial charge < -0.3 is 11.1 Å². The first kappa shape index (κ1) is 16.6. The van der Waals surface area contributed by atoms with Crippen LogP contribution in [0.3, 0.4) is 0 Å². The largest absolute Gasteiger partial charge is 0.328 e. The van der Waals surface area contributed by atoms with Gasteiger partial charge in [-0.15, -0.1) is 0 Å². The monoisotopic (exact) mass is 320 g/mol. The van der Waals surface area contributed by atoms with Crippen molar-refractivity contribution in [1.29, 1.82) is 0 Å². The van der Waals surface area contributed by atoms with Gasteiger partial charge in [-0.1, -0.05) is 29.3 Å². The topological polar surface area (TPSA) is 55.1 Å². The van der Waals surface area contributed by atoms with Gasteiger partial charge in [0.05, 0.1) is 21.5 Å². The smallest absolute Gasteiger partial charge is 0.234 e. The van der Waals surface area contributed by atoms with Crippen molar-refractivity contribution in [2.45, 2.75) is 26.3 Å². The molecule has 0 spiro atoms. The van der Waals surface area contributed by atoms with Crippen LogP contribution in [-0.2, 0) is 4.79 Å². The molecular formula is C13H18Cl2N2OS. The highest BCUT2D eigenvalue weighted by atomic mass is 35.5. The Hall–Kier alpha value is -0.420. The van der Waals surface area contributed by atoms with E-state index in [-0.39, 0.29) is 11.9 Å². The molecule has 1 aromatic rings. The number of aryl methyl sites for hydroxylation is 1. The number of rotatable bonds is 6. The summed E-state index contributed by atoms with van der Waals surface area (Å²) in [6.07, 6.45) is 0.893. The van der Waals surface area contributed by atoms with Gasteiger partial charge in [0.2, 0.25) is 5.91 Å². The predicted octanol–water partition coefficient (Wildman–Crippen LogP) is 3.71. The Morgan fingerprint density at radius 3 is 2.79 bits per heavy atom. The van der Waals surface area contributed by atoms with E-state index in [9.17, 15) is 4.79 Å². The molecule has 0 radical (unpaired) electrons. The Morgan fingerprint density at radius 2 is 2.16 bits per heavy atom. The van der Waals surface area contributed by atoms with Crippen LogP contribution in [0.5, 0.6) is 0 Å². The minimum atomic E-state index is -0.107. The highest BCUT2D eigenvalue weighted by Gasteiger charge is 2.11. The zero-order valence-electron chi connectivity index (χ0n) is 11.0. The second kappa shape index (κ2) is 8.00. The maximum Gasteiger partial charge on any atom is 0.234 e. The number of nitrogens with one attached hydrogen (secondary N) is 1. The second-order valence-corrected chi connectivity index (χ2v) is 6.31. The molecule has 1 aromatic carbocycles. The summed E-state index contributed by atoms with van der Waals surface area (Å²) < 4.78 is 0. The third kappa shape index (κ3) is 5.61. The van der Waals surface area contributed by atoms with Crippen LogP contribution in [0.2, 0.25) is 10.0 Å². The maximum absolute atomic E-state index is 11.8. The van der Waals surface area contributed by atoms with E-state index in [0.717, 1.165) is 17.7 Å². The molecular weight excluding hydrogens is 303 g/mol. The lowest BCUT2D eigenvalue weighted by atomic mass is 10.2. The van der Waals surface area contributed by atoms with Crippen molar-refractivity contribution in [1.82, 2.24) is 0 Å². The second-order valence-electron chi connectivity index (χ2n) is 4.42. The lowest BCUT2D eigenvalue weighted by Crippen LogP contribution is -2.18. The zero-order chi connectivity index (χ0) is 14.4. The Balaban J connectivity index is 2.51. The quantitative estimate of drug-likeness (QED) is 0.785. The third-order valence-corrected chi connectivity index (χ3v) is 4.29. The summed E-state index contributed by atoms with van der Waals surface area (Å²) in [5, 5.41) is 3.69. The van der Waals surface area contributed by atoms with Gasteiger partial charge in [-0.2, -0.15) is 11.8 Å². The molecule has 1 rings (SSSR count). The highest BCUT2D eigenvalue weighted by Crippen LogP contribution is 2.32. The standard InChI is InChI=1S/C13H18Cl2N2OS/c1-8-3-4-10(14)13(12(8)15)17-11(18)7-19-6-5-9(2)16/h3-4,9H,5-7,16H2,1-2H3,(H,17,18). The summed E-state index contributed by atoms with van der Waals surface area (Å²) in [6.45, 7) is 3.82. The Bertz CT molecular complexity index is 453. The molecule has 0 saturated carbocycles. The average Bonchev–Trinajstić information content (AvgIpc) is 2.35. The lowest BCUT2D eigenvalue weighted by molar-refractivity contribution is -0.113. The summed E-state index contributed by atoms with van der Waals surface area (Å²) in [7, 11) is 0. The van der Waals surface area contributed by atoms with Crippen LogP contribution in [0, 0.1) is 6.92 Å². The molecule has 3 nitrogen and oxygen atoms in total. The number of hydrogen-bond acceptors (Lipinski definition) is 3. The van der Waals surface area contributed by atoms with Gasteiger partial charge in [-0.05, 0) is 37.7 Å². The molecule has 0 heterocycles. The molecule has 1 atom stereocenters. The molecule has 1 amide bonds. The van der Waals surface area contributed by atoms with Crippen molar-refractivity contribution < 1.29 is 4.79 Å². The molecule has 0 aliphatic carbocycles. The first-order valence-corrected chi connectivity index (χ1v) is 7.90. The predicted molar refractivity (Wildman–Crippen MR) is 85.4 cm³/mol. The number of anilines is 1. The van der Waals surface area contributed by atoms with E-state index in [1.165, 1.54) is 0 Å². The summed E-state index contributed by atoms with van der Waals surface area (Å²) in [5.74, 6) is 1.12. The van der Waals surface area contributed by atoms with E-state index in [0.29, 0.717) is 21.5 Å². The van der Waals surface area contributed by atoms with E-state index < -0.39 is 0 Å². The minimum absolute atomic E-state index is 0.107. The van der Waals surface area contributed by atoms with Gasteiger partial charge in [0.15, 0.2) is 0 Å².